The third-order valence-corrected chi connectivity index (χ3v) is 11.3. The highest BCUT2D eigenvalue weighted by Crippen LogP contribution is 2.50. The molecule has 0 saturated carbocycles. The number of allylic oxidation sites excluding steroid dienone is 3. The summed E-state index contributed by atoms with van der Waals surface area (Å²) in [5, 5.41) is 12.0. The van der Waals surface area contributed by atoms with Crippen LogP contribution in [0.5, 0.6) is 5.75 Å². The van der Waals surface area contributed by atoms with Gasteiger partial charge in [0.05, 0.1) is 31.7 Å². The number of fused-ring (bicyclic) bond motifs is 5. The molecule has 298 valence electrons. The van der Waals surface area contributed by atoms with E-state index < -0.39 is 77.1 Å². The van der Waals surface area contributed by atoms with Gasteiger partial charge in [0.1, 0.15) is 52.1 Å². The number of ether oxygens (including phenoxy) is 5. The third kappa shape index (κ3) is 8.82. The molecule has 0 aliphatic carbocycles. The van der Waals surface area contributed by atoms with Gasteiger partial charge in [0.15, 0.2) is 0 Å². The molecule has 2 aromatic carbocycles. The molecule has 3 aliphatic heterocycles. The van der Waals surface area contributed by atoms with Gasteiger partial charge in [-0.15, -0.1) is 0 Å². The number of epoxide rings is 1. The number of carbonyl (C=O) groups is 4. The Morgan fingerprint density at radius 2 is 1.89 bits per heavy atom. The van der Waals surface area contributed by atoms with Crippen molar-refractivity contribution in [1.29, 1.82) is 0 Å². The molecule has 5 rings (SSSR count). The topological polar surface area (TPSA) is 170 Å². The number of esters is 2. The molecule has 0 unspecified atom stereocenters. The van der Waals surface area contributed by atoms with Crippen LogP contribution in [0.15, 0.2) is 54.1 Å². The average Bonchev–Trinajstić information content (AvgIpc) is 3.82. The highest BCUT2D eigenvalue weighted by Gasteiger charge is 2.64. The van der Waals surface area contributed by atoms with E-state index in [9.17, 15) is 28.7 Å². The van der Waals surface area contributed by atoms with Crippen LogP contribution in [0.25, 0.3) is 0 Å². The summed E-state index contributed by atoms with van der Waals surface area (Å²) in [6, 6.07) is 5.72. The van der Waals surface area contributed by atoms with Crippen LogP contribution in [0.1, 0.15) is 62.9 Å². The molecule has 15 heteroatoms. The van der Waals surface area contributed by atoms with Crippen LogP contribution in [0, 0.1) is 11.7 Å². The minimum absolute atomic E-state index is 0.0200. The molecule has 4 bridgehead atoms. The van der Waals surface area contributed by atoms with Crippen molar-refractivity contribution < 1.29 is 52.4 Å². The zero-order valence-corrected chi connectivity index (χ0v) is 33.0. The van der Waals surface area contributed by atoms with E-state index in [1.807, 2.05) is 13.0 Å². The van der Waals surface area contributed by atoms with Crippen LogP contribution in [0.4, 0.5) is 15.8 Å². The van der Waals surface area contributed by atoms with Crippen molar-refractivity contribution in [3.8, 4) is 5.75 Å². The zero-order valence-electron chi connectivity index (χ0n) is 32.3. The first-order valence-electron chi connectivity index (χ1n) is 17.9. The van der Waals surface area contributed by atoms with Crippen LogP contribution in [0.2, 0.25) is 5.02 Å². The Labute approximate surface area is 325 Å². The number of rotatable bonds is 6. The number of amides is 2. The summed E-state index contributed by atoms with van der Waals surface area (Å²) in [5.74, 6) is -3.56. The predicted octanol–water partition coefficient (Wildman–Crippen LogP) is 4.80. The second kappa shape index (κ2) is 16.3. The van der Waals surface area contributed by atoms with Gasteiger partial charge in [-0.05, 0) is 63.1 Å². The van der Waals surface area contributed by atoms with Gasteiger partial charge in [0, 0.05) is 44.8 Å². The van der Waals surface area contributed by atoms with Gasteiger partial charge >= 0.3 is 11.9 Å². The summed E-state index contributed by atoms with van der Waals surface area (Å²) >= 11 is 6.75. The number of methoxy groups -OCH3 is 2. The minimum Gasteiger partial charge on any atom is -0.495 e. The van der Waals surface area contributed by atoms with Crippen molar-refractivity contribution >= 4 is 46.7 Å². The van der Waals surface area contributed by atoms with E-state index in [0.29, 0.717) is 17.9 Å². The van der Waals surface area contributed by atoms with Crippen LogP contribution in [0.3, 0.4) is 0 Å². The number of aliphatic hydroxyl groups is 1. The fourth-order valence-electron chi connectivity index (χ4n) is 7.37. The fraction of sp³-hybridized carbons (Fsp3) is 0.500. The summed E-state index contributed by atoms with van der Waals surface area (Å²) in [6.07, 6.45) is 1.49. The van der Waals surface area contributed by atoms with Gasteiger partial charge in [-0.2, -0.15) is 0 Å². The van der Waals surface area contributed by atoms with Gasteiger partial charge in [-0.3, -0.25) is 14.4 Å². The number of hydrogen-bond acceptors (Lipinski definition) is 11. The molecule has 2 amide bonds. The number of carbonyl (C=O) groups excluding carboxylic acids is 4. The number of hydrogen-bond donors (Lipinski definition) is 2. The third-order valence-electron chi connectivity index (χ3n) is 10.9. The molecule has 3 aliphatic rings. The first kappa shape index (κ1) is 41.7. The molecule has 2 fully saturated rings. The Hall–Kier alpha value is -4.50. The molecule has 3 heterocycles. The summed E-state index contributed by atoms with van der Waals surface area (Å²) < 4.78 is 43.4. The predicted molar refractivity (Wildman–Crippen MR) is 202 cm³/mol. The first-order valence-corrected chi connectivity index (χ1v) is 18.3. The van der Waals surface area contributed by atoms with E-state index in [0.717, 1.165) is 28.2 Å². The van der Waals surface area contributed by atoms with E-state index in [1.165, 1.54) is 39.2 Å². The molecule has 55 heavy (non-hydrogen) atoms. The van der Waals surface area contributed by atoms with E-state index in [-0.39, 0.29) is 35.5 Å². The number of benzene rings is 2. The number of likely N-dealkylation sites (N-methyl/N-ethyl adjacent to an activating group) is 1. The zero-order chi connectivity index (χ0) is 40.6. The number of anilines is 2. The largest absolute Gasteiger partial charge is 0.495 e. The Bertz CT molecular complexity index is 1890. The van der Waals surface area contributed by atoms with Gasteiger partial charge in [0.2, 0.25) is 5.91 Å². The number of nitrogens with two attached hydrogens (primary N) is 1. The normalized spacial score (nSPS) is 30.6. The Morgan fingerprint density at radius 3 is 2.55 bits per heavy atom. The van der Waals surface area contributed by atoms with Crippen molar-refractivity contribution in [3.05, 3.63) is 76.1 Å². The lowest BCUT2D eigenvalue weighted by molar-refractivity contribution is -0.187. The maximum atomic E-state index is 14.2. The molecule has 2 saturated heterocycles. The second-order valence-electron chi connectivity index (χ2n) is 14.9. The van der Waals surface area contributed by atoms with Crippen LogP contribution in [-0.2, 0) is 39.8 Å². The summed E-state index contributed by atoms with van der Waals surface area (Å²) in [5.41, 5.74) is 4.89. The standard InChI is InChI=1S/C40H49ClFN3O10/c1-21-10-9-11-31(52-8)40(50)19-30(53-34(47)20-40)22(2)36-39(4,55-36)32(18-33(46)45(6)28-13-24(12-21)14-29(51-7)35(28)41)54-38(49)23(3)44(5)37(48)25-15-26(42)17-27(43)16-25/h9-11,13-17,22-23,30-32,36,50H,12,18-20,43H2,1-8H3/b11-9+,21-10+/t22-,23+,30+,31-,32+,36+,39+,40-/m1/s1. The van der Waals surface area contributed by atoms with Crippen molar-refractivity contribution in [2.24, 2.45) is 5.92 Å². The van der Waals surface area contributed by atoms with Crippen molar-refractivity contribution in [2.45, 2.75) is 95.0 Å². The van der Waals surface area contributed by atoms with Crippen LogP contribution < -0.4 is 15.4 Å². The monoisotopic (exact) mass is 785 g/mol. The summed E-state index contributed by atoms with van der Waals surface area (Å²) in [4.78, 5) is 56.7. The lowest BCUT2D eigenvalue weighted by Crippen LogP contribution is -2.53. The summed E-state index contributed by atoms with van der Waals surface area (Å²) in [6.45, 7) is 6.82. The highest BCUT2D eigenvalue weighted by atomic mass is 35.5. The van der Waals surface area contributed by atoms with Gasteiger partial charge < -0.3 is 44.3 Å². The van der Waals surface area contributed by atoms with Crippen molar-refractivity contribution in [1.82, 2.24) is 4.90 Å². The SMILES string of the molecule is COc1cc2cc(c1Cl)N(C)C(=O)C[C@H](OC(=O)[C@H](C)N(C)C(=O)c1cc(N)cc(F)c1)[C@]1(C)O[C@H]1[C@H](C)[C@@H]1C[C@@](O)(CC(=O)O1)[C@H](OC)/C=C/C=C(\C)C2. The van der Waals surface area contributed by atoms with E-state index in [1.54, 1.807) is 45.2 Å². The number of nitrogens with zero attached hydrogens (tertiary/aromatic N) is 2. The van der Waals surface area contributed by atoms with Gasteiger partial charge in [-0.25, -0.2) is 9.18 Å². The molecule has 8 atom stereocenters. The maximum Gasteiger partial charge on any atom is 0.328 e. The first-order chi connectivity index (χ1) is 25.8. The van der Waals surface area contributed by atoms with E-state index in [2.05, 4.69) is 0 Å². The molecule has 0 spiro atoms. The molecule has 0 aromatic heterocycles. The second-order valence-corrected chi connectivity index (χ2v) is 15.3. The molecule has 13 nitrogen and oxygen atoms in total. The van der Waals surface area contributed by atoms with Crippen molar-refractivity contribution in [2.75, 3.05) is 38.9 Å². The van der Waals surface area contributed by atoms with Gasteiger partial charge in [-0.1, -0.05) is 42.3 Å². The average molecular weight is 786 g/mol. The molecule has 0 radical (unpaired) electrons. The van der Waals surface area contributed by atoms with Crippen molar-refractivity contribution in [3.63, 3.8) is 0 Å². The molecular formula is C40H49ClFN3O10. The van der Waals surface area contributed by atoms with Crippen LogP contribution in [-0.4, -0.2) is 104 Å². The Kier molecular flexibility index (Phi) is 12.4. The molecule has 3 N–H and O–H groups in total. The molecule has 2 aromatic rings. The summed E-state index contributed by atoms with van der Waals surface area (Å²) in [7, 11) is 5.83. The van der Waals surface area contributed by atoms with E-state index >= 15 is 0 Å². The van der Waals surface area contributed by atoms with E-state index in [4.69, 9.17) is 41.0 Å². The number of nitrogen functional groups attached to an aromatic ring is 1. The van der Waals surface area contributed by atoms with Crippen LogP contribution >= 0.6 is 11.6 Å². The molecular weight excluding hydrogens is 737 g/mol. The lowest BCUT2D eigenvalue weighted by atomic mass is 9.78. The fourth-order valence-corrected chi connectivity index (χ4v) is 7.68. The number of halogens is 2. The van der Waals surface area contributed by atoms with Gasteiger partial charge in [0.25, 0.3) is 5.91 Å². The Morgan fingerprint density at radius 1 is 1.18 bits per heavy atom. The smallest absolute Gasteiger partial charge is 0.328 e. The minimum atomic E-state index is -1.61. The highest BCUT2D eigenvalue weighted by molar-refractivity contribution is 6.35. The maximum absolute atomic E-state index is 14.2. The quantitative estimate of drug-likeness (QED) is 0.234. The lowest BCUT2D eigenvalue weighted by Gasteiger charge is -2.41. The Balaban J connectivity index is 1.52.